The van der Waals surface area contributed by atoms with Crippen molar-refractivity contribution in [3.8, 4) is 11.4 Å². The summed E-state index contributed by atoms with van der Waals surface area (Å²) in [6, 6.07) is 3.00. The van der Waals surface area contributed by atoms with E-state index in [9.17, 15) is 4.79 Å². The highest BCUT2D eigenvalue weighted by Gasteiger charge is 2.10. The predicted octanol–water partition coefficient (Wildman–Crippen LogP) is 2.49. The lowest BCUT2D eigenvalue weighted by Crippen LogP contribution is -2.29. The molecular weight excluding hydrogens is 268 g/mol. The largest absolute Gasteiger partial charge is 0.359 e. The molecule has 2 aromatic rings. The number of amides is 1. The summed E-state index contributed by atoms with van der Waals surface area (Å²) in [6.07, 6.45) is 3.95. The number of nitrogens with zero attached hydrogens (tertiary/aromatic N) is 5. The van der Waals surface area contributed by atoms with E-state index >= 15 is 0 Å². The van der Waals surface area contributed by atoms with Gasteiger partial charge in [-0.15, -0.1) is 0 Å². The van der Waals surface area contributed by atoms with Crippen molar-refractivity contribution in [1.29, 1.82) is 0 Å². The average molecular weight is 284 g/mol. The molecule has 7 nitrogen and oxygen atoms in total. The van der Waals surface area contributed by atoms with Gasteiger partial charge in [0, 0.05) is 12.7 Å². The Bertz CT molecular complexity index is 653. The summed E-state index contributed by atoms with van der Waals surface area (Å²) in [5.41, 5.74) is 1.06. The first-order chi connectivity index (χ1) is 10.1. The zero-order valence-corrected chi connectivity index (χ0v) is 11.9. The smallest absolute Gasteiger partial charge is 0.326 e. The zero-order chi connectivity index (χ0) is 15.2. The van der Waals surface area contributed by atoms with Gasteiger partial charge < -0.3 is 10.2 Å². The molecule has 0 aromatic carbocycles. The van der Waals surface area contributed by atoms with Gasteiger partial charge in [0.05, 0.1) is 0 Å². The van der Waals surface area contributed by atoms with Crippen LogP contribution in [0.4, 0.5) is 10.6 Å². The number of nitrogens with one attached hydrogen (secondary N) is 1. The molecule has 0 unspecified atom stereocenters. The monoisotopic (exact) mass is 284 g/mol. The van der Waals surface area contributed by atoms with Crippen LogP contribution in [0.1, 0.15) is 20.3 Å². The molecule has 0 saturated carbocycles. The molecule has 2 rings (SSSR count). The first kappa shape index (κ1) is 14.7. The number of rotatable bonds is 4. The van der Waals surface area contributed by atoms with Crippen LogP contribution in [0.5, 0.6) is 0 Å². The molecule has 0 aliphatic carbocycles. The Morgan fingerprint density at radius 1 is 1.38 bits per heavy atom. The Labute approximate surface area is 122 Å². The Kier molecular flexibility index (Phi) is 4.61. The molecule has 2 aromatic heterocycles. The maximum atomic E-state index is 11.9. The predicted molar refractivity (Wildman–Crippen MR) is 77.8 cm³/mol. The van der Waals surface area contributed by atoms with Crippen molar-refractivity contribution >= 4 is 11.8 Å². The molecule has 21 heavy (non-hydrogen) atoms. The van der Waals surface area contributed by atoms with E-state index in [-0.39, 0.29) is 11.8 Å². The molecule has 0 aliphatic heterocycles. The summed E-state index contributed by atoms with van der Waals surface area (Å²) in [7, 11) is 0. The van der Waals surface area contributed by atoms with Gasteiger partial charge in [-0.1, -0.05) is 25.5 Å². The van der Waals surface area contributed by atoms with Crippen LogP contribution in [-0.2, 0) is 0 Å². The molecule has 0 aliphatic rings. The van der Waals surface area contributed by atoms with E-state index in [1.807, 2.05) is 0 Å². The quantitative estimate of drug-likeness (QED) is 0.875. The van der Waals surface area contributed by atoms with E-state index in [0.29, 0.717) is 23.9 Å². The lowest BCUT2D eigenvalue weighted by atomic mass is 10.1. The molecule has 108 valence electrons. The summed E-state index contributed by atoms with van der Waals surface area (Å²) in [4.78, 5) is 19.2. The highest BCUT2D eigenvalue weighted by molar-refractivity contribution is 5.77. The minimum Gasteiger partial charge on any atom is -0.359 e. The minimum atomic E-state index is -0.222. The van der Waals surface area contributed by atoms with Crippen molar-refractivity contribution in [3.05, 3.63) is 36.1 Å². The second kappa shape index (κ2) is 6.61. The van der Waals surface area contributed by atoms with Crippen molar-refractivity contribution in [1.82, 2.24) is 25.1 Å². The van der Waals surface area contributed by atoms with Gasteiger partial charge in [0.2, 0.25) is 0 Å². The lowest BCUT2D eigenvalue weighted by Gasteiger charge is -2.06. The fraction of sp³-hybridized carbons (Fsp3) is 0.357. The standard InChI is InChI=1S/C14H16N6O/c1-10(2)6-7-16-14(21)20-8-12(17-9-20)11-4-5-13(15-3)19-18-11/h4-5,8-10H,6-7H2,1-2H3,(H,16,21). The van der Waals surface area contributed by atoms with Gasteiger partial charge in [-0.05, 0) is 29.6 Å². The fourth-order valence-electron chi connectivity index (χ4n) is 1.65. The third-order valence-electron chi connectivity index (χ3n) is 2.84. The summed E-state index contributed by atoms with van der Waals surface area (Å²) in [5.74, 6) is 0.768. The second-order valence-corrected chi connectivity index (χ2v) is 4.97. The van der Waals surface area contributed by atoms with E-state index in [1.165, 1.54) is 10.9 Å². The van der Waals surface area contributed by atoms with E-state index in [2.05, 4.69) is 39.2 Å². The van der Waals surface area contributed by atoms with Gasteiger partial charge >= 0.3 is 6.03 Å². The summed E-state index contributed by atoms with van der Waals surface area (Å²) in [6.45, 7) is 11.7. The van der Waals surface area contributed by atoms with Crippen LogP contribution < -0.4 is 5.32 Å². The second-order valence-electron chi connectivity index (χ2n) is 4.97. The first-order valence-electron chi connectivity index (χ1n) is 6.64. The molecule has 0 fully saturated rings. The number of carbonyl (C=O) groups is 1. The van der Waals surface area contributed by atoms with Crippen LogP contribution >= 0.6 is 0 Å². The molecular formula is C14H16N6O. The van der Waals surface area contributed by atoms with E-state index in [1.54, 1.807) is 18.3 Å². The van der Waals surface area contributed by atoms with Crippen LogP contribution in [0, 0.1) is 12.5 Å². The molecule has 0 saturated heterocycles. The van der Waals surface area contributed by atoms with Gasteiger partial charge in [0.15, 0.2) is 0 Å². The molecule has 0 bridgehead atoms. The Hall–Kier alpha value is -2.75. The summed E-state index contributed by atoms with van der Waals surface area (Å²) in [5, 5.41) is 10.5. The molecule has 0 radical (unpaired) electrons. The molecule has 0 spiro atoms. The molecule has 0 atom stereocenters. The van der Waals surface area contributed by atoms with Gasteiger partial charge in [-0.25, -0.2) is 9.78 Å². The zero-order valence-electron chi connectivity index (χ0n) is 11.9. The van der Waals surface area contributed by atoms with E-state index in [0.717, 1.165) is 6.42 Å². The van der Waals surface area contributed by atoms with Crippen molar-refractivity contribution < 1.29 is 4.79 Å². The van der Waals surface area contributed by atoms with Crippen LogP contribution in [0.15, 0.2) is 24.7 Å². The highest BCUT2D eigenvalue weighted by atomic mass is 16.2. The molecule has 2 heterocycles. The van der Waals surface area contributed by atoms with Crippen LogP contribution in [0.2, 0.25) is 0 Å². The highest BCUT2D eigenvalue weighted by Crippen LogP contribution is 2.15. The fourth-order valence-corrected chi connectivity index (χ4v) is 1.65. The van der Waals surface area contributed by atoms with Crippen molar-refractivity contribution in [3.63, 3.8) is 0 Å². The Morgan fingerprint density at radius 3 is 2.81 bits per heavy atom. The van der Waals surface area contributed by atoms with Crippen molar-refractivity contribution in [2.45, 2.75) is 20.3 Å². The SMILES string of the molecule is [C-]#[N+]c1ccc(-c2cn(C(=O)NCCC(C)C)cn2)nn1. The van der Waals surface area contributed by atoms with Crippen LogP contribution in [0.3, 0.4) is 0 Å². The number of hydrogen-bond donors (Lipinski definition) is 1. The topological polar surface area (TPSA) is 77.1 Å². The maximum absolute atomic E-state index is 11.9. The number of aromatic nitrogens is 4. The number of hydrogen-bond acceptors (Lipinski definition) is 4. The Balaban J connectivity index is 2.03. The third kappa shape index (κ3) is 3.86. The third-order valence-corrected chi connectivity index (χ3v) is 2.84. The van der Waals surface area contributed by atoms with Gasteiger partial charge in [0.25, 0.3) is 5.82 Å². The maximum Gasteiger partial charge on any atom is 0.326 e. The van der Waals surface area contributed by atoms with Gasteiger partial charge in [0.1, 0.15) is 17.7 Å². The molecule has 1 N–H and O–H groups in total. The van der Waals surface area contributed by atoms with Gasteiger partial charge in [-0.2, -0.15) is 0 Å². The number of carbonyl (C=O) groups excluding carboxylic acids is 1. The van der Waals surface area contributed by atoms with E-state index in [4.69, 9.17) is 6.57 Å². The van der Waals surface area contributed by atoms with Crippen LogP contribution in [-0.4, -0.2) is 32.3 Å². The lowest BCUT2D eigenvalue weighted by molar-refractivity contribution is 0.242. The number of imidazole rings is 1. The molecule has 7 heteroatoms. The summed E-state index contributed by atoms with van der Waals surface area (Å²) >= 11 is 0. The summed E-state index contributed by atoms with van der Waals surface area (Å²) < 4.78 is 1.38. The van der Waals surface area contributed by atoms with Crippen molar-refractivity contribution in [2.75, 3.05) is 6.54 Å². The Morgan fingerprint density at radius 2 is 2.19 bits per heavy atom. The van der Waals surface area contributed by atoms with Gasteiger partial charge in [-0.3, -0.25) is 4.57 Å². The normalized spacial score (nSPS) is 10.4. The van der Waals surface area contributed by atoms with Crippen molar-refractivity contribution in [2.24, 2.45) is 5.92 Å². The average Bonchev–Trinajstić information content (AvgIpc) is 2.97. The van der Waals surface area contributed by atoms with E-state index < -0.39 is 0 Å². The molecule has 1 amide bonds. The minimum absolute atomic E-state index is 0.222. The van der Waals surface area contributed by atoms with Crippen LogP contribution in [0.25, 0.3) is 16.2 Å². The first-order valence-corrected chi connectivity index (χ1v) is 6.64.